The summed E-state index contributed by atoms with van der Waals surface area (Å²) < 4.78 is 0. The van der Waals surface area contributed by atoms with Crippen LogP contribution >= 0.6 is 0 Å². The maximum atomic E-state index is 13.3. The van der Waals surface area contributed by atoms with E-state index in [4.69, 9.17) is 5.73 Å². The van der Waals surface area contributed by atoms with Gasteiger partial charge in [-0.3, -0.25) is 24.0 Å². The van der Waals surface area contributed by atoms with E-state index < -0.39 is 58.3 Å². The van der Waals surface area contributed by atoms with E-state index in [1.165, 1.54) is 0 Å². The zero-order valence-electron chi connectivity index (χ0n) is 16.7. The fourth-order valence-corrected chi connectivity index (χ4v) is 5.43. The number of amides is 1. The summed E-state index contributed by atoms with van der Waals surface area (Å²) in [6.07, 6.45) is 0.0781. The van der Waals surface area contributed by atoms with Gasteiger partial charge in [-0.2, -0.15) is 0 Å². The molecule has 1 amide bonds. The van der Waals surface area contributed by atoms with Gasteiger partial charge >= 0.3 is 0 Å². The number of rotatable bonds is 2. The van der Waals surface area contributed by atoms with E-state index in [0.717, 1.165) is 0 Å². The number of phenolic OH excluding ortho intramolecular Hbond substituents is 1. The van der Waals surface area contributed by atoms with Gasteiger partial charge in [-0.05, 0) is 35.8 Å². The Hall–Kier alpha value is -2.87. The molecule has 8 nitrogen and oxygen atoms in total. The third kappa shape index (κ3) is 2.52. The summed E-state index contributed by atoms with van der Waals surface area (Å²) in [5.41, 5.74) is 3.76. The molecular formula is C22H23NO7. The van der Waals surface area contributed by atoms with Crippen LogP contribution in [0.3, 0.4) is 0 Å². The number of phenols is 1. The zero-order valence-corrected chi connectivity index (χ0v) is 16.7. The minimum atomic E-state index is -2.60. The summed E-state index contributed by atoms with van der Waals surface area (Å²) in [5, 5.41) is 21.8. The van der Waals surface area contributed by atoms with Crippen molar-refractivity contribution < 1.29 is 34.2 Å². The van der Waals surface area contributed by atoms with Gasteiger partial charge in [-0.25, -0.2) is 0 Å². The topological polar surface area (TPSA) is 152 Å². The van der Waals surface area contributed by atoms with Crippen LogP contribution < -0.4 is 5.73 Å². The quantitative estimate of drug-likeness (QED) is 0.595. The second-order valence-electron chi connectivity index (χ2n) is 8.93. The van der Waals surface area contributed by atoms with Crippen LogP contribution in [-0.4, -0.2) is 44.9 Å². The summed E-state index contributed by atoms with van der Waals surface area (Å²) in [5.74, 6) is -9.77. The van der Waals surface area contributed by atoms with E-state index in [1.54, 1.807) is 12.1 Å². The van der Waals surface area contributed by atoms with Gasteiger partial charge in [0.25, 0.3) is 0 Å². The molecule has 5 atom stereocenters. The van der Waals surface area contributed by atoms with Crippen molar-refractivity contribution in [3.05, 3.63) is 28.8 Å². The average Bonchev–Trinajstić information content (AvgIpc) is 2.64. The minimum absolute atomic E-state index is 0.0450. The number of primary amides is 1. The highest BCUT2D eigenvalue weighted by molar-refractivity contribution is 6.31. The summed E-state index contributed by atoms with van der Waals surface area (Å²) in [4.78, 5) is 63.3. The van der Waals surface area contributed by atoms with E-state index in [9.17, 15) is 34.2 Å². The number of carbonyl (C=O) groups is 5. The Labute approximate surface area is 172 Å². The lowest BCUT2D eigenvalue weighted by molar-refractivity contribution is -0.175. The second-order valence-corrected chi connectivity index (χ2v) is 8.93. The molecule has 1 aromatic carbocycles. The molecule has 0 heterocycles. The highest BCUT2D eigenvalue weighted by atomic mass is 16.3. The van der Waals surface area contributed by atoms with Crippen molar-refractivity contribution in [3.63, 3.8) is 0 Å². The fourth-order valence-electron chi connectivity index (χ4n) is 5.43. The average molecular weight is 413 g/mol. The van der Waals surface area contributed by atoms with Gasteiger partial charge in [-0.1, -0.05) is 26.0 Å². The number of Topliss-reactive ketones (excluding diaryl/α,β-unsaturated/α-hetero) is 4. The number of fused-ring (bicyclic) bond motifs is 3. The normalized spacial score (nSPS) is 33.2. The van der Waals surface area contributed by atoms with Crippen molar-refractivity contribution in [3.8, 4) is 5.75 Å². The number of benzene rings is 1. The summed E-state index contributed by atoms with van der Waals surface area (Å²) in [6.45, 7) is 3.72. The first-order valence-corrected chi connectivity index (χ1v) is 10.0. The lowest BCUT2D eigenvalue weighted by Crippen LogP contribution is -2.68. The van der Waals surface area contributed by atoms with Gasteiger partial charge in [0.1, 0.15) is 5.75 Å². The largest absolute Gasteiger partial charge is 0.507 e. The van der Waals surface area contributed by atoms with Crippen LogP contribution in [0.2, 0.25) is 0 Å². The maximum Gasteiger partial charge on any atom is 0.235 e. The molecule has 0 aliphatic heterocycles. The number of hydrogen-bond acceptors (Lipinski definition) is 7. The molecule has 30 heavy (non-hydrogen) atoms. The Morgan fingerprint density at radius 3 is 2.40 bits per heavy atom. The summed E-state index contributed by atoms with van der Waals surface area (Å²) in [7, 11) is 0. The Kier molecular flexibility index (Phi) is 4.47. The molecule has 3 aliphatic rings. The van der Waals surface area contributed by atoms with Crippen molar-refractivity contribution in [2.24, 2.45) is 29.4 Å². The Morgan fingerprint density at radius 1 is 1.13 bits per heavy atom. The van der Waals surface area contributed by atoms with E-state index in [0.29, 0.717) is 17.5 Å². The lowest BCUT2D eigenvalue weighted by Gasteiger charge is -2.48. The lowest BCUT2D eigenvalue weighted by atomic mass is 9.54. The van der Waals surface area contributed by atoms with Crippen molar-refractivity contribution in [1.82, 2.24) is 0 Å². The van der Waals surface area contributed by atoms with Crippen molar-refractivity contribution >= 4 is 29.0 Å². The highest BCUT2D eigenvalue weighted by Crippen LogP contribution is 2.50. The van der Waals surface area contributed by atoms with Gasteiger partial charge in [0.05, 0.1) is 11.5 Å². The Balaban J connectivity index is 1.80. The molecule has 0 radical (unpaired) electrons. The monoisotopic (exact) mass is 413 g/mol. The SMILES string of the molecule is CC(C)c1ccc2c(c1O)C(=O)C1C(=O)[C@]3(O)C(=O)C(C(N)=O)C(=O)C[C@@H]3C[C@@H]1C2. The molecule has 0 aromatic heterocycles. The molecule has 4 rings (SSSR count). The van der Waals surface area contributed by atoms with Crippen molar-refractivity contribution in [1.29, 1.82) is 0 Å². The number of carbonyl (C=O) groups excluding carboxylic acids is 5. The molecule has 0 bridgehead atoms. The minimum Gasteiger partial charge on any atom is -0.507 e. The van der Waals surface area contributed by atoms with Gasteiger partial charge in [0, 0.05) is 12.3 Å². The van der Waals surface area contributed by atoms with Gasteiger partial charge < -0.3 is 15.9 Å². The van der Waals surface area contributed by atoms with Crippen molar-refractivity contribution in [2.45, 2.75) is 44.6 Å². The Bertz CT molecular complexity index is 1030. The second kappa shape index (κ2) is 6.57. The molecule has 2 unspecified atom stereocenters. The van der Waals surface area contributed by atoms with Crippen LogP contribution in [0.25, 0.3) is 0 Å². The summed E-state index contributed by atoms with van der Waals surface area (Å²) >= 11 is 0. The van der Waals surface area contributed by atoms with Crippen LogP contribution in [0.15, 0.2) is 12.1 Å². The first-order chi connectivity index (χ1) is 14.0. The number of aromatic hydroxyl groups is 1. The predicted molar refractivity (Wildman–Crippen MR) is 103 cm³/mol. The van der Waals surface area contributed by atoms with Gasteiger partial charge in [-0.15, -0.1) is 0 Å². The molecular weight excluding hydrogens is 390 g/mol. The van der Waals surface area contributed by atoms with E-state index in [1.807, 2.05) is 13.8 Å². The van der Waals surface area contributed by atoms with Crippen LogP contribution in [0.5, 0.6) is 5.75 Å². The molecule has 2 saturated carbocycles. The molecule has 0 spiro atoms. The van der Waals surface area contributed by atoms with Crippen LogP contribution in [0.4, 0.5) is 0 Å². The third-order valence-corrected chi connectivity index (χ3v) is 6.93. The molecule has 8 heteroatoms. The maximum absolute atomic E-state index is 13.3. The smallest absolute Gasteiger partial charge is 0.235 e. The van der Waals surface area contributed by atoms with Crippen LogP contribution in [-0.2, 0) is 25.6 Å². The number of aliphatic hydroxyl groups is 1. The zero-order chi connectivity index (χ0) is 22.1. The van der Waals surface area contributed by atoms with Gasteiger partial charge in [0.15, 0.2) is 34.7 Å². The number of hydrogen-bond donors (Lipinski definition) is 3. The first kappa shape index (κ1) is 20.4. The van der Waals surface area contributed by atoms with Gasteiger partial charge in [0.2, 0.25) is 5.91 Å². The summed E-state index contributed by atoms with van der Waals surface area (Å²) in [6, 6.07) is 3.50. The van der Waals surface area contributed by atoms with E-state index >= 15 is 0 Å². The highest BCUT2D eigenvalue weighted by Gasteiger charge is 2.66. The molecule has 0 saturated heterocycles. The first-order valence-electron chi connectivity index (χ1n) is 10.0. The molecule has 1 aromatic rings. The standard InChI is InChI=1S/C22H23NO7/c1-8(2)12-4-3-9-5-10-6-11-7-13(24)16(21(23)29)20(28)22(11,30)19(27)15(10)18(26)14(9)17(12)25/h3-4,8,10-11,15-16,25,30H,5-7H2,1-2H3,(H2,23,29)/t10-,11-,15?,16?,22-/m0/s1. The van der Waals surface area contributed by atoms with Crippen LogP contribution in [0.1, 0.15) is 54.1 Å². The Morgan fingerprint density at radius 2 is 1.80 bits per heavy atom. The third-order valence-electron chi connectivity index (χ3n) is 6.93. The molecule has 158 valence electrons. The number of ketones is 4. The van der Waals surface area contributed by atoms with E-state index in [2.05, 4.69) is 0 Å². The molecule has 2 fully saturated rings. The number of nitrogens with two attached hydrogens (primary N) is 1. The molecule has 4 N–H and O–H groups in total. The van der Waals surface area contributed by atoms with Crippen LogP contribution in [0, 0.1) is 23.7 Å². The van der Waals surface area contributed by atoms with E-state index in [-0.39, 0.29) is 30.1 Å². The predicted octanol–water partition coefficient (Wildman–Crippen LogP) is 0.450. The molecule has 3 aliphatic carbocycles. The van der Waals surface area contributed by atoms with Crippen molar-refractivity contribution in [2.75, 3.05) is 0 Å². The fraction of sp³-hybridized carbons (Fsp3) is 0.500.